The molecule has 3 rings (SSSR count). The van der Waals surface area contributed by atoms with Crippen LogP contribution in [0.3, 0.4) is 0 Å². The minimum atomic E-state index is -0.329. The van der Waals surface area contributed by atoms with Crippen molar-refractivity contribution in [1.82, 2.24) is 19.7 Å². The van der Waals surface area contributed by atoms with Gasteiger partial charge in [-0.05, 0) is 31.0 Å². The van der Waals surface area contributed by atoms with E-state index in [1.807, 2.05) is 24.3 Å². The second-order valence-corrected chi connectivity index (χ2v) is 6.12. The molecule has 2 heterocycles. The number of hydrogen-bond acceptors (Lipinski definition) is 5. The fraction of sp³-hybridized carbons (Fsp3) is 0.250. The first kappa shape index (κ1) is 16.7. The largest absolute Gasteiger partial charge is 0.337 e. The molecule has 24 heavy (non-hydrogen) atoms. The number of halogens is 2. The van der Waals surface area contributed by atoms with Gasteiger partial charge in [-0.1, -0.05) is 40.5 Å². The number of rotatable bonds is 5. The Morgan fingerprint density at radius 3 is 2.67 bits per heavy atom. The quantitative estimate of drug-likeness (QED) is 0.695. The average Bonchev–Trinajstić information content (AvgIpc) is 3.02. The van der Waals surface area contributed by atoms with Crippen molar-refractivity contribution in [3.63, 3.8) is 0 Å². The van der Waals surface area contributed by atoms with Crippen LogP contribution in [-0.4, -0.2) is 19.7 Å². The number of aromatic nitrogens is 4. The molecule has 0 aliphatic heterocycles. The third kappa shape index (κ3) is 3.83. The first-order valence-electron chi connectivity index (χ1n) is 7.31. The van der Waals surface area contributed by atoms with Crippen LogP contribution in [0.4, 0.5) is 0 Å². The first-order chi connectivity index (χ1) is 11.5. The molecule has 0 fully saturated rings. The summed E-state index contributed by atoms with van der Waals surface area (Å²) in [5.41, 5.74) is 0.807. The Morgan fingerprint density at radius 2 is 1.92 bits per heavy atom. The molecule has 0 aliphatic carbocycles. The standard InChI is InChI=1S/C16H14Cl2N4O2/c1-10-19-8-13(18)16(23)22(10)9-15-20-14(21-24-15)7-4-11-2-5-12(17)6-3-11/h2-3,5-6,8H,4,7,9H2,1H3. The lowest BCUT2D eigenvalue weighted by atomic mass is 10.1. The average molecular weight is 365 g/mol. The van der Waals surface area contributed by atoms with Crippen LogP contribution < -0.4 is 5.56 Å². The minimum Gasteiger partial charge on any atom is -0.337 e. The molecular formula is C16H14Cl2N4O2. The Balaban J connectivity index is 1.69. The molecular weight excluding hydrogens is 351 g/mol. The van der Waals surface area contributed by atoms with Gasteiger partial charge >= 0.3 is 0 Å². The number of nitrogens with zero attached hydrogens (tertiary/aromatic N) is 4. The van der Waals surface area contributed by atoms with E-state index in [0.29, 0.717) is 29.0 Å². The topological polar surface area (TPSA) is 73.8 Å². The third-order valence-corrected chi connectivity index (χ3v) is 4.07. The Hall–Kier alpha value is -2.18. The fourth-order valence-electron chi connectivity index (χ4n) is 2.24. The Bertz CT molecular complexity index is 903. The van der Waals surface area contributed by atoms with Gasteiger partial charge in [0, 0.05) is 11.4 Å². The molecule has 0 aliphatic rings. The summed E-state index contributed by atoms with van der Waals surface area (Å²) >= 11 is 11.7. The van der Waals surface area contributed by atoms with Gasteiger partial charge in [0.2, 0.25) is 5.89 Å². The monoisotopic (exact) mass is 364 g/mol. The lowest BCUT2D eigenvalue weighted by molar-refractivity contribution is 0.363. The van der Waals surface area contributed by atoms with E-state index in [0.717, 1.165) is 12.0 Å². The molecule has 0 atom stereocenters. The second-order valence-electron chi connectivity index (χ2n) is 5.28. The minimum absolute atomic E-state index is 0.0584. The third-order valence-electron chi connectivity index (χ3n) is 3.56. The van der Waals surface area contributed by atoms with Crippen LogP contribution in [0.1, 0.15) is 23.1 Å². The zero-order valence-electron chi connectivity index (χ0n) is 12.9. The van der Waals surface area contributed by atoms with Gasteiger partial charge < -0.3 is 4.52 Å². The summed E-state index contributed by atoms with van der Waals surface area (Å²) in [5.74, 6) is 1.46. The van der Waals surface area contributed by atoms with Gasteiger partial charge in [0.15, 0.2) is 5.82 Å². The SMILES string of the molecule is Cc1ncc(Cl)c(=O)n1Cc1nc(CCc2ccc(Cl)cc2)no1. The van der Waals surface area contributed by atoms with Gasteiger partial charge in [0.25, 0.3) is 5.56 Å². The van der Waals surface area contributed by atoms with Crippen molar-refractivity contribution in [2.24, 2.45) is 0 Å². The van der Waals surface area contributed by atoms with E-state index >= 15 is 0 Å². The van der Waals surface area contributed by atoms with Crippen molar-refractivity contribution in [1.29, 1.82) is 0 Å². The lowest BCUT2D eigenvalue weighted by Crippen LogP contribution is -2.24. The summed E-state index contributed by atoms with van der Waals surface area (Å²) in [4.78, 5) is 20.4. The van der Waals surface area contributed by atoms with Gasteiger partial charge in [-0.2, -0.15) is 4.98 Å². The number of benzene rings is 1. The fourth-order valence-corrected chi connectivity index (χ4v) is 2.51. The van der Waals surface area contributed by atoms with Gasteiger partial charge in [0.1, 0.15) is 17.4 Å². The van der Waals surface area contributed by atoms with Crippen LogP contribution in [0.5, 0.6) is 0 Å². The highest BCUT2D eigenvalue weighted by molar-refractivity contribution is 6.30. The smallest absolute Gasteiger partial charge is 0.272 e. The van der Waals surface area contributed by atoms with Crippen LogP contribution in [0.15, 0.2) is 39.8 Å². The summed E-state index contributed by atoms with van der Waals surface area (Å²) < 4.78 is 6.61. The summed E-state index contributed by atoms with van der Waals surface area (Å²) in [5, 5.41) is 4.71. The summed E-state index contributed by atoms with van der Waals surface area (Å²) in [6, 6.07) is 7.62. The van der Waals surface area contributed by atoms with Gasteiger partial charge in [0.05, 0.1) is 6.20 Å². The van der Waals surface area contributed by atoms with Crippen LogP contribution in [0.25, 0.3) is 0 Å². The Labute approximate surface area is 148 Å². The maximum absolute atomic E-state index is 12.0. The molecule has 0 unspecified atom stereocenters. The molecule has 8 heteroatoms. The van der Waals surface area contributed by atoms with Crippen LogP contribution in [0.2, 0.25) is 10.0 Å². The van der Waals surface area contributed by atoms with Crippen LogP contribution >= 0.6 is 23.2 Å². The summed E-state index contributed by atoms with van der Waals surface area (Å²) in [6.45, 7) is 1.86. The molecule has 6 nitrogen and oxygen atoms in total. The van der Waals surface area contributed by atoms with E-state index in [-0.39, 0.29) is 17.1 Å². The predicted molar refractivity (Wildman–Crippen MR) is 90.5 cm³/mol. The van der Waals surface area contributed by atoms with Crippen LogP contribution in [0, 0.1) is 6.92 Å². The maximum atomic E-state index is 12.0. The van der Waals surface area contributed by atoms with Crippen molar-refractivity contribution < 1.29 is 4.52 Å². The van der Waals surface area contributed by atoms with Gasteiger partial charge in [-0.15, -0.1) is 0 Å². The predicted octanol–water partition coefficient (Wildman–Crippen LogP) is 3.08. The van der Waals surface area contributed by atoms with Crippen molar-refractivity contribution in [3.05, 3.63) is 74.0 Å². The van der Waals surface area contributed by atoms with E-state index in [1.165, 1.54) is 10.8 Å². The van der Waals surface area contributed by atoms with E-state index in [4.69, 9.17) is 27.7 Å². The zero-order valence-corrected chi connectivity index (χ0v) is 14.4. The summed E-state index contributed by atoms with van der Waals surface area (Å²) in [6.07, 6.45) is 2.74. The second kappa shape index (κ2) is 7.15. The van der Waals surface area contributed by atoms with Crippen molar-refractivity contribution in [2.75, 3.05) is 0 Å². The molecule has 0 spiro atoms. The molecule has 0 radical (unpaired) electrons. The zero-order chi connectivity index (χ0) is 17.1. The lowest BCUT2D eigenvalue weighted by Gasteiger charge is -2.05. The molecule has 0 saturated heterocycles. The highest BCUT2D eigenvalue weighted by atomic mass is 35.5. The molecule has 1 aromatic carbocycles. The number of aryl methyl sites for hydroxylation is 3. The molecule has 0 bridgehead atoms. The highest BCUT2D eigenvalue weighted by Gasteiger charge is 2.12. The molecule has 0 N–H and O–H groups in total. The van der Waals surface area contributed by atoms with Gasteiger partial charge in [-0.25, -0.2) is 4.98 Å². The molecule has 0 amide bonds. The molecule has 124 valence electrons. The number of hydrogen-bond donors (Lipinski definition) is 0. The molecule has 3 aromatic rings. The Morgan fingerprint density at radius 1 is 1.17 bits per heavy atom. The highest BCUT2D eigenvalue weighted by Crippen LogP contribution is 2.12. The normalized spacial score (nSPS) is 11.0. The Kier molecular flexibility index (Phi) is 4.97. The molecule has 0 saturated carbocycles. The summed E-state index contributed by atoms with van der Waals surface area (Å²) in [7, 11) is 0. The maximum Gasteiger partial charge on any atom is 0.272 e. The van der Waals surface area contributed by atoms with E-state index < -0.39 is 0 Å². The van der Waals surface area contributed by atoms with Crippen molar-refractivity contribution in [3.8, 4) is 0 Å². The van der Waals surface area contributed by atoms with Crippen LogP contribution in [-0.2, 0) is 19.4 Å². The van der Waals surface area contributed by atoms with Crippen molar-refractivity contribution >= 4 is 23.2 Å². The van der Waals surface area contributed by atoms with Gasteiger partial charge in [-0.3, -0.25) is 9.36 Å². The first-order valence-corrected chi connectivity index (χ1v) is 8.06. The van der Waals surface area contributed by atoms with E-state index in [1.54, 1.807) is 6.92 Å². The van der Waals surface area contributed by atoms with E-state index in [2.05, 4.69) is 15.1 Å². The van der Waals surface area contributed by atoms with Crippen molar-refractivity contribution in [2.45, 2.75) is 26.3 Å². The molecule has 2 aromatic heterocycles. The van der Waals surface area contributed by atoms with E-state index in [9.17, 15) is 4.79 Å².